The molecule has 1 aromatic carbocycles. The molecule has 2 rings (SSSR count). The van der Waals surface area contributed by atoms with E-state index in [0.29, 0.717) is 0 Å². The molecule has 0 saturated carbocycles. The van der Waals surface area contributed by atoms with Crippen LogP contribution in [0, 0.1) is 0 Å². The molecule has 0 aromatic heterocycles. The van der Waals surface area contributed by atoms with E-state index in [0.717, 1.165) is 11.6 Å². The van der Waals surface area contributed by atoms with Crippen molar-refractivity contribution in [1.82, 2.24) is 0 Å². The summed E-state index contributed by atoms with van der Waals surface area (Å²) in [6, 6.07) is 8.22. The topological polar surface area (TPSA) is 4.44 Å². The van der Waals surface area contributed by atoms with Crippen molar-refractivity contribution in [1.29, 1.82) is 0 Å². The molecule has 1 saturated heterocycles. The Labute approximate surface area is 94.4 Å². The van der Waals surface area contributed by atoms with Crippen LogP contribution in [0.5, 0.6) is 0 Å². The van der Waals surface area contributed by atoms with Crippen molar-refractivity contribution in [2.24, 2.45) is 0 Å². The molecule has 3 heteroatoms. The Morgan fingerprint density at radius 2 is 2.07 bits per heavy atom. The van der Waals surface area contributed by atoms with Gasteiger partial charge in [-0.05, 0) is 12.1 Å². The molecule has 0 bridgehead atoms. The molecule has 14 heavy (non-hydrogen) atoms. The maximum absolute atomic E-state index is 5.95. The Morgan fingerprint density at radius 1 is 1.29 bits per heavy atom. The molecule has 0 aliphatic carbocycles. The van der Waals surface area contributed by atoms with E-state index >= 15 is 0 Å². The zero-order valence-electron chi connectivity index (χ0n) is 8.13. The third-order valence-corrected chi connectivity index (χ3v) is 3.76. The fraction of sp³-hybridized carbons (Fsp3) is 0.455. The van der Waals surface area contributed by atoms with Gasteiger partial charge in [0, 0.05) is 22.1 Å². The monoisotopic (exact) mass is 228 g/mol. The van der Waals surface area contributed by atoms with E-state index in [1.165, 1.54) is 30.2 Å². The Bertz CT molecular complexity index is 297. The summed E-state index contributed by atoms with van der Waals surface area (Å²) in [5.74, 6) is 2.60. The van der Waals surface area contributed by atoms with E-state index < -0.39 is 0 Å². The van der Waals surface area contributed by atoms with Gasteiger partial charge < -0.3 is 4.90 Å². The largest absolute Gasteiger partial charge is 0.330 e. The number of benzene rings is 1. The van der Waals surface area contributed by atoms with Gasteiger partial charge in [-0.15, -0.1) is 0 Å². The minimum absolute atomic E-state index is 0.855. The van der Waals surface area contributed by atoms with Crippen molar-refractivity contribution >= 4 is 23.4 Å². The highest BCUT2D eigenvalue weighted by molar-refractivity contribution is 7.99. The number of nitrogens with one attached hydrogen (secondary N) is 1. The second-order valence-corrected chi connectivity index (χ2v) is 5.33. The van der Waals surface area contributed by atoms with Crippen LogP contribution in [0.25, 0.3) is 0 Å². The van der Waals surface area contributed by atoms with E-state index in [1.54, 1.807) is 4.90 Å². The van der Waals surface area contributed by atoms with Crippen molar-refractivity contribution in [3.8, 4) is 0 Å². The number of hydrogen-bond acceptors (Lipinski definition) is 1. The van der Waals surface area contributed by atoms with Gasteiger partial charge in [0.1, 0.15) is 6.54 Å². The summed E-state index contributed by atoms with van der Waals surface area (Å²) in [5.41, 5.74) is 1.36. The van der Waals surface area contributed by atoms with Crippen LogP contribution in [0.2, 0.25) is 5.02 Å². The number of quaternary nitrogens is 1. The Morgan fingerprint density at radius 3 is 2.79 bits per heavy atom. The smallest absolute Gasteiger partial charge is 0.103 e. The zero-order chi connectivity index (χ0) is 9.80. The fourth-order valence-corrected chi connectivity index (χ4v) is 3.06. The van der Waals surface area contributed by atoms with Gasteiger partial charge in [-0.3, -0.25) is 0 Å². The molecule has 1 nitrogen and oxygen atoms in total. The van der Waals surface area contributed by atoms with Gasteiger partial charge in [-0.2, -0.15) is 11.8 Å². The predicted molar refractivity (Wildman–Crippen MR) is 63.2 cm³/mol. The molecule has 1 N–H and O–H groups in total. The van der Waals surface area contributed by atoms with Crippen LogP contribution in [0.1, 0.15) is 5.56 Å². The van der Waals surface area contributed by atoms with E-state index in [1.807, 2.05) is 12.1 Å². The zero-order valence-corrected chi connectivity index (χ0v) is 9.70. The SMILES string of the molecule is Clc1cccc(C[NH+]2CCSCC2)c1. The highest BCUT2D eigenvalue weighted by Gasteiger charge is 2.13. The summed E-state index contributed by atoms with van der Waals surface area (Å²) in [5, 5.41) is 0.855. The molecule has 1 aliphatic rings. The first-order valence-electron chi connectivity index (χ1n) is 5.00. The molecule has 1 heterocycles. The van der Waals surface area contributed by atoms with Gasteiger partial charge in [0.05, 0.1) is 13.1 Å². The Balaban J connectivity index is 1.95. The minimum atomic E-state index is 0.855. The van der Waals surface area contributed by atoms with Gasteiger partial charge in [-0.25, -0.2) is 0 Å². The maximum atomic E-state index is 5.95. The van der Waals surface area contributed by atoms with Crippen LogP contribution in [0.3, 0.4) is 0 Å². The van der Waals surface area contributed by atoms with Gasteiger partial charge in [0.15, 0.2) is 0 Å². The van der Waals surface area contributed by atoms with Crippen molar-refractivity contribution in [3.05, 3.63) is 34.9 Å². The molecule has 0 unspecified atom stereocenters. The lowest BCUT2D eigenvalue weighted by atomic mass is 10.2. The van der Waals surface area contributed by atoms with Gasteiger partial charge in [0.2, 0.25) is 0 Å². The Hall–Kier alpha value is -0.180. The summed E-state index contributed by atoms with van der Waals surface area (Å²) in [7, 11) is 0. The lowest BCUT2D eigenvalue weighted by Crippen LogP contribution is -3.12. The van der Waals surface area contributed by atoms with E-state index in [9.17, 15) is 0 Å². The minimum Gasteiger partial charge on any atom is -0.330 e. The molecule has 76 valence electrons. The van der Waals surface area contributed by atoms with Crippen molar-refractivity contribution in [2.75, 3.05) is 24.6 Å². The molecule has 0 atom stereocenters. The first-order valence-corrected chi connectivity index (χ1v) is 6.53. The highest BCUT2D eigenvalue weighted by atomic mass is 35.5. The quantitative estimate of drug-likeness (QED) is 0.804. The van der Waals surface area contributed by atoms with Crippen molar-refractivity contribution in [3.63, 3.8) is 0 Å². The van der Waals surface area contributed by atoms with Gasteiger partial charge in [-0.1, -0.05) is 23.7 Å². The maximum Gasteiger partial charge on any atom is 0.103 e. The molecule has 0 spiro atoms. The summed E-state index contributed by atoms with van der Waals surface area (Å²) in [6.45, 7) is 3.70. The highest BCUT2D eigenvalue weighted by Crippen LogP contribution is 2.09. The first kappa shape index (κ1) is 10.3. The summed E-state index contributed by atoms with van der Waals surface area (Å²) in [6.07, 6.45) is 0. The third kappa shape index (κ3) is 2.91. The number of thioether (sulfide) groups is 1. The van der Waals surface area contributed by atoms with E-state index in [2.05, 4.69) is 23.9 Å². The van der Waals surface area contributed by atoms with Gasteiger partial charge >= 0.3 is 0 Å². The third-order valence-electron chi connectivity index (χ3n) is 2.54. The predicted octanol–water partition coefficient (Wildman–Crippen LogP) is 1.47. The van der Waals surface area contributed by atoms with Crippen LogP contribution < -0.4 is 4.90 Å². The fourth-order valence-electron chi connectivity index (χ4n) is 1.77. The second-order valence-electron chi connectivity index (χ2n) is 3.67. The van der Waals surface area contributed by atoms with Crippen molar-refractivity contribution in [2.45, 2.75) is 6.54 Å². The van der Waals surface area contributed by atoms with Crippen LogP contribution in [0.4, 0.5) is 0 Å². The van der Waals surface area contributed by atoms with Crippen molar-refractivity contribution < 1.29 is 4.90 Å². The molecule has 1 fully saturated rings. The summed E-state index contributed by atoms with van der Waals surface area (Å²) < 4.78 is 0. The van der Waals surface area contributed by atoms with Crippen LogP contribution >= 0.6 is 23.4 Å². The average molecular weight is 229 g/mol. The number of rotatable bonds is 2. The molecule has 1 aliphatic heterocycles. The first-order chi connectivity index (χ1) is 6.84. The summed E-state index contributed by atoms with van der Waals surface area (Å²) >= 11 is 8.01. The average Bonchev–Trinajstić information content (AvgIpc) is 2.19. The molecule has 1 aromatic rings. The molecular weight excluding hydrogens is 214 g/mol. The molecule has 0 radical (unpaired) electrons. The number of halogens is 1. The van der Waals surface area contributed by atoms with E-state index in [-0.39, 0.29) is 0 Å². The van der Waals surface area contributed by atoms with E-state index in [4.69, 9.17) is 11.6 Å². The number of hydrogen-bond donors (Lipinski definition) is 1. The summed E-state index contributed by atoms with van der Waals surface area (Å²) in [4.78, 5) is 1.69. The normalized spacial score (nSPS) is 18.4. The lowest BCUT2D eigenvalue weighted by molar-refractivity contribution is -0.910. The second kappa shape index (κ2) is 5.06. The van der Waals surface area contributed by atoms with Crippen LogP contribution in [-0.2, 0) is 6.54 Å². The van der Waals surface area contributed by atoms with Crippen LogP contribution in [-0.4, -0.2) is 24.6 Å². The molecule has 0 amide bonds. The Kier molecular flexibility index (Phi) is 3.74. The van der Waals surface area contributed by atoms with Crippen LogP contribution in [0.15, 0.2) is 24.3 Å². The van der Waals surface area contributed by atoms with Gasteiger partial charge in [0.25, 0.3) is 0 Å². The standard InChI is InChI=1S/C11H14ClNS/c12-11-3-1-2-10(8-11)9-13-4-6-14-7-5-13/h1-3,8H,4-7,9H2/p+1. The lowest BCUT2D eigenvalue weighted by Gasteiger charge is -2.23. The molecular formula is C11H15ClNS+.